The molecule has 6 atom stereocenters. The third-order valence-corrected chi connectivity index (χ3v) is 13.8. The summed E-state index contributed by atoms with van der Waals surface area (Å²) in [4.78, 5) is 66.7. The summed E-state index contributed by atoms with van der Waals surface area (Å²) < 4.78 is 38.0. The van der Waals surface area contributed by atoms with E-state index in [-0.39, 0.29) is 38.4 Å². The minimum absolute atomic E-state index is 0.00174. The van der Waals surface area contributed by atoms with Crippen LogP contribution in [0.2, 0.25) is 0 Å². The van der Waals surface area contributed by atoms with Crippen molar-refractivity contribution in [3.05, 3.63) is 41.8 Å². The number of fused-ring (bicyclic) bond motifs is 3. The number of hydrogen-bond acceptors (Lipinski definition) is 12. The molecule has 338 valence electrons. The van der Waals surface area contributed by atoms with Crippen molar-refractivity contribution >= 4 is 61.2 Å². The average Bonchev–Trinajstić information content (AvgIpc) is 3.46. The molecule has 1 aliphatic carbocycles. The van der Waals surface area contributed by atoms with Gasteiger partial charge in [0.1, 0.15) is 40.9 Å². The molecule has 2 aromatic heterocycles. The Hall–Kier alpha value is -5.01. The fourth-order valence-corrected chi connectivity index (χ4v) is 9.12. The average molecular weight is 897 g/mol. The van der Waals surface area contributed by atoms with Crippen LogP contribution in [0.5, 0.6) is 11.5 Å². The van der Waals surface area contributed by atoms with E-state index in [1.807, 2.05) is 58.2 Å². The van der Waals surface area contributed by atoms with Crippen LogP contribution in [0.4, 0.5) is 9.93 Å². The van der Waals surface area contributed by atoms with Crippen LogP contribution in [0.3, 0.4) is 0 Å². The van der Waals surface area contributed by atoms with Crippen molar-refractivity contribution in [1.29, 1.82) is 0 Å². The highest BCUT2D eigenvalue weighted by atomic mass is 32.2. The van der Waals surface area contributed by atoms with E-state index in [4.69, 9.17) is 19.4 Å². The summed E-state index contributed by atoms with van der Waals surface area (Å²) >= 11 is 1.45. The summed E-state index contributed by atoms with van der Waals surface area (Å²) in [5, 5.41) is 25.5. The Kier molecular flexibility index (Phi) is 14.1. The van der Waals surface area contributed by atoms with Crippen LogP contribution in [0.15, 0.2) is 41.8 Å². The molecule has 0 radical (unpaired) electrons. The number of aromatic nitrogens is 2. The van der Waals surface area contributed by atoms with Gasteiger partial charge in [0, 0.05) is 60.9 Å². The van der Waals surface area contributed by atoms with E-state index in [9.17, 15) is 32.7 Å². The molecule has 2 fully saturated rings. The van der Waals surface area contributed by atoms with Gasteiger partial charge in [0.25, 0.3) is 0 Å². The second-order valence-electron chi connectivity index (χ2n) is 18.0. The maximum Gasteiger partial charge on any atom is 0.330 e. The Morgan fingerprint density at radius 2 is 1.89 bits per heavy atom. The number of benzene rings is 1. The zero-order chi connectivity index (χ0) is 45.1. The van der Waals surface area contributed by atoms with Gasteiger partial charge in [-0.2, -0.15) is 0 Å². The van der Waals surface area contributed by atoms with E-state index in [2.05, 4.69) is 21.3 Å². The molecule has 17 nitrogen and oxygen atoms in total. The Morgan fingerprint density at radius 1 is 1.13 bits per heavy atom. The van der Waals surface area contributed by atoms with E-state index < -0.39 is 74.9 Å². The molecule has 0 spiro atoms. The van der Waals surface area contributed by atoms with Crippen molar-refractivity contribution in [2.75, 3.05) is 38.8 Å². The summed E-state index contributed by atoms with van der Waals surface area (Å²) in [7, 11) is -0.551. The van der Waals surface area contributed by atoms with E-state index in [0.717, 1.165) is 24.2 Å². The van der Waals surface area contributed by atoms with Crippen LogP contribution in [-0.4, -0.2) is 126 Å². The van der Waals surface area contributed by atoms with Crippen LogP contribution >= 0.6 is 11.3 Å². The van der Waals surface area contributed by atoms with Crippen LogP contribution in [0.1, 0.15) is 79.6 Å². The summed E-state index contributed by atoms with van der Waals surface area (Å²) in [6.07, 6.45) is 7.46. The number of nitrogens with one attached hydrogen (secondary N) is 4. The fourth-order valence-electron chi connectivity index (χ4n) is 7.85. The molecule has 19 heteroatoms. The number of allylic oxidation sites excluding steroid dienone is 1. The number of methoxy groups -OCH3 is 1. The number of anilines is 1. The lowest BCUT2D eigenvalue weighted by molar-refractivity contribution is -0.145. The van der Waals surface area contributed by atoms with E-state index in [1.165, 1.54) is 27.6 Å². The number of carbonyl (C=O) groups is 4. The number of likely N-dealkylation sites (N-methyl/N-ethyl adjacent to an activating group) is 1. The van der Waals surface area contributed by atoms with E-state index in [1.54, 1.807) is 25.3 Å². The number of rotatable bonds is 12. The number of nitrogens with zero attached hydrogens (tertiary/aromatic N) is 4. The highest BCUT2D eigenvalue weighted by molar-refractivity contribution is 7.88. The predicted molar refractivity (Wildman–Crippen MR) is 238 cm³/mol. The number of carboxylic acids is 1. The van der Waals surface area contributed by atoms with Gasteiger partial charge in [-0.05, 0) is 57.1 Å². The zero-order valence-electron chi connectivity index (χ0n) is 36.7. The molecular weight excluding hydrogens is 837 g/mol. The highest BCUT2D eigenvalue weighted by Gasteiger charge is 2.61. The van der Waals surface area contributed by atoms with Gasteiger partial charge in [-0.15, -0.1) is 11.3 Å². The van der Waals surface area contributed by atoms with Gasteiger partial charge in [0.15, 0.2) is 5.13 Å². The van der Waals surface area contributed by atoms with Gasteiger partial charge in [-0.3, -0.25) is 9.59 Å². The van der Waals surface area contributed by atoms with Crippen molar-refractivity contribution in [2.24, 2.45) is 11.3 Å². The van der Waals surface area contributed by atoms with Crippen molar-refractivity contribution in [3.8, 4) is 22.9 Å². The Bertz CT molecular complexity index is 2290. The van der Waals surface area contributed by atoms with Gasteiger partial charge >= 0.3 is 12.0 Å². The van der Waals surface area contributed by atoms with Crippen LogP contribution in [-0.2, 0) is 24.4 Å². The largest absolute Gasteiger partial charge is 0.497 e. The third kappa shape index (κ3) is 10.9. The van der Waals surface area contributed by atoms with E-state index in [0.29, 0.717) is 46.6 Å². The third-order valence-electron chi connectivity index (χ3n) is 11.7. The monoisotopic (exact) mass is 896 g/mol. The number of sulfonamides is 1. The predicted octanol–water partition coefficient (Wildman–Crippen LogP) is 4.99. The first-order valence-electron chi connectivity index (χ1n) is 21.1. The topological polar surface area (TPSA) is 221 Å². The van der Waals surface area contributed by atoms with Crippen LogP contribution < -0.4 is 30.7 Å². The number of hydrogen-bond donors (Lipinski definition) is 5. The zero-order valence-corrected chi connectivity index (χ0v) is 38.3. The van der Waals surface area contributed by atoms with Gasteiger partial charge in [0.05, 0.1) is 31.1 Å². The van der Waals surface area contributed by atoms with Gasteiger partial charge in [-0.1, -0.05) is 45.8 Å². The van der Waals surface area contributed by atoms with Crippen LogP contribution in [0.25, 0.3) is 22.3 Å². The van der Waals surface area contributed by atoms with Gasteiger partial charge in [-0.25, -0.2) is 32.3 Å². The molecule has 0 bridgehead atoms. The summed E-state index contributed by atoms with van der Waals surface area (Å²) in [6, 6.07) is 3.86. The maximum absolute atomic E-state index is 14.8. The molecule has 4 heterocycles. The fraction of sp³-hybridized carbons (Fsp3) is 0.581. The molecule has 1 unspecified atom stereocenters. The van der Waals surface area contributed by atoms with Crippen molar-refractivity contribution in [3.63, 3.8) is 0 Å². The Morgan fingerprint density at radius 3 is 2.56 bits per heavy atom. The molecule has 6 rings (SSSR count). The number of carboxylic acid groups (broad SMARTS) is 1. The smallest absolute Gasteiger partial charge is 0.330 e. The van der Waals surface area contributed by atoms with E-state index >= 15 is 0 Å². The minimum Gasteiger partial charge on any atom is -0.497 e. The number of amides is 4. The lowest BCUT2D eigenvalue weighted by Gasteiger charge is -2.35. The molecule has 1 saturated carbocycles. The van der Waals surface area contributed by atoms with Gasteiger partial charge in [0.2, 0.25) is 21.8 Å². The van der Waals surface area contributed by atoms with Crippen molar-refractivity contribution < 1.29 is 42.2 Å². The Labute approximate surface area is 367 Å². The number of pyridine rings is 1. The van der Waals surface area contributed by atoms with Crippen molar-refractivity contribution in [2.45, 2.75) is 115 Å². The molecule has 4 amide bonds. The maximum atomic E-state index is 14.8. The molecule has 1 aromatic carbocycles. The summed E-state index contributed by atoms with van der Waals surface area (Å²) in [5.74, 6) is -1.68. The number of ether oxygens (including phenoxy) is 2. The molecule has 1 saturated heterocycles. The first kappa shape index (κ1) is 46.5. The number of thiazole rings is 1. The molecule has 5 N–H and O–H groups in total. The minimum atomic E-state index is -3.55. The second-order valence-corrected chi connectivity index (χ2v) is 20.9. The number of carbonyl (C=O) groups excluding carboxylic acids is 3. The number of aliphatic carboxylic acids is 1. The summed E-state index contributed by atoms with van der Waals surface area (Å²) in [6.45, 7) is 9.64. The van der Waals surface area contributed by atoms with Crippen molar-refractivity contribution in [1.82, 2.24) is 35.1 Å². The molecule has 62 heavy (non-hydrogen) atoms. The lowest BCUT2D eigenvalue weighted by atomic mass is 9.87. The molecule has 2 aliphatic heterocycles. The van der Waals surface area contributed by atoms with Gasteiger partial charge < -0.3 is 40.7 Å². The lowest BCUT2D eigenvalue weighted by Crippen LogP contribution is -2.59. The van der Waals surface area contributed by atoms with Crippen LogP contribution in [0, 0.1) is 11.3 Å². The molecule has 3 aliphatic rings. The normalized spacial score (nSPS) is 24.1. The first-order valence-corrected chi connectivity index (χ1v) is 23.8. The summed E-state index contributed by atoms with van der Waals surface area (Å²) in [5.41, 5.74) is -0.330. The molecular formula is C43H60N8O9S2. The number of urea groups is 1. The SMILES string of the molecule is COc1ccc2c(O[C@@H]3C[C@H]4C(=O)N[C@]5(C(=O)O)CC5C=CCCCCC[C@H](NC(=O)N[C@H](CN(C)S(C)(=O)=O)C(C)(C)C)C(=O)N4C3)cc(-c3csc(NC(C)C)n3)nc2c1. The first-order chi connectivity index (χ1) is 29.2. The second kappa shape index (κ2) is 18.8. The molecule has 3 aromatic rings. The highest BCUT2D eigenvalue weighted by Crippen LogP contribution is 2.45. The standard InChI is InChI=1S/C43H60N8O9S2/c1-25(2)44-41-47-33(24-61-41)32-20-35(29-17-16-27(59-7)18-31(29)45-32)60-28-19-34-37(52)49-43(39(54)55)21-26(43)14-12-10-9-11-13-15-30(38(53)51(34)22-28)46-40(56)48-36(42(3,4)5)23-50(6)62(8,57)58/h12,14,16-18,20,24-26,28,30,34,36H,9-11,13,15,19,21-23H2,1-8H3,(H,44,47)(H,49,52)(H,54,55)(H2,46,48,56)/t26?,28-,30+,34+,36-,43-/m1/s1. The quantitative estimate of drug-likeness (QED) is 0.152. The Balaban J connectivity index is 1.33.